The zero-order valence-corrected chi connectivity index (χ0v) is 15.0. The Morgan fingerprint density at radius 1 is 0.966 bits per heavy atom. The average molecular weight is 390 g/mol. The van der Waals surface area contributed by atoms with Crippen molar-refractivity contribution in [1.29, 1.82) is 0 Å². The van der Waals surface area contributed by atoms with E-state index in [0.717, 1.165) is 10.9 Å². The number of fused-ring (bicyclic) bond motifs is 1. The van der Waals surface area contributed by atoms with Crippen molar-refractivity contribution in [3.8, 4) is 0 Å². The number of nitrogens with one attached hydrogen (secondary N) is 2. The Morgan fingerprint density at radius 2 is 1.72 bits per heavy atom. The van der Waals surface area contributed by atoms with Gasteiger partial charge in [-0.3, -0.25) is 15.1 Å². The summed E-state index contributed by atoms with van der Waals surface area (Å²) in [6.07, 6.45) is 2.89. The highest BCUT2D eigenvalue weighted by atomic mass is 19.1. The molecular weight excluding hydrogens is 375 g/mol. The van der Waals surface area contributed by atoms with Gasteiger partial charge in [0.2, 0.25) is 11.6 Å². The van der Waals surface area contributed by atoms with E-state index in [1.807, 2.05) is 24.3 Å². The summed E-state index contributed by atoms with van der Waals surface area (Å²) >= 11 is 0. The molecule has 0 spiro atoms. The monoisotopic (exact) mass is 390 g/mol. The van der Waals surface area contributed by atoms with Crippen LogP contribution in [0.1, 0.15) is 5.56 Å². The highest BCUT2D eigenvalue weighted by Crippen LogP contribution is 2.33. The van der Waals surface area contributed by atoms with Gasteiger partial charge < -0.3 is 10.6 Å². The summed E-state index contributed by atoms with van der Waals surface area (Å²) in [4.78, 5) is 23.6. The summed E-state index contributed by atoms with van der Waals surface area (Å²) in [5.74, 6) is -0.244. The van der Waals surface area contributed by atoms with Crippen LogP contribution < -0.4 is 10.6 Å². The molecule has 9 heteroatoms. The molecule has 2 N–H and O–H groups in total. The van der Waals surface area contributed by atoms with Crippen molar-refractivity contribution in [2.24, 2.45) is 0 Å². The van der Waals surface area contributed by atoms with Crippen molar-refractivity contribution in [3.05, 3.63) is 88.6 Å². The van der Waals surface area contributed by atoms with Gasteiger partial charge in [-0.15, -0.1) is 0 Å². The molecule has 0 saturated heterocycles. The van der Waals surface area contributed by atoms with Crippen LogP contribution in [0.25, 0.3) is 10.9 Å². The number of rotatable bonds is 6. The fourth-order valence-electron chi connectivity index (χ4n) is 2.89. The lowest BCUT2D eigenvalue weighted by molar-refractivity contribution is -0.383. The quantitative estimate of drug-likeness (QED) is 0.371. The fourth-order valence-corrected chi connectivity index (χ4v) is 2.89. The van der Waals surface area contributed by atoms with Crippen LogP contribution >= 0.6 is 0 Å². The smallest absolute Gasteiger partial charge is 0.353 e. The molecule has 2 heterocycles. The minimum atomic E-state index is -0.548. The molecule has 0 fully saturated rings. The molecule has 4 rings (SSSR count). The summed E-state index contributed by atoms with van der Waals surface area (Å²) in [7, 11) is 0. The van der Waals surface area contributed by atoms with Gasteiger partial charge in [-0.2, -0.15) is 0 Å². The Balaban J connectivity index is 1.66. The number of hydrogen-bond acceptors (Lipinski definition) is 7. The van der Waals surface area contributed by atoms with Crippen LogP contribution in [0, 0.1) is 15.9 Å². The summed E-state index contributed by atoms with van der Waals surface area (Å²) in [6, 6.07) is 15.1. The molecule has 0 unspecified atom stereocenters. The Morgan fingerprint density at radius 3 is 2.52 bits per heavy atom. The number of nitrogens with zero attached hydrogens (tertiary/aromatic N) is 4. The van der Waals surface area contributed by atoms with Crippen LogP contribution in [0.15, 0.2) is 67.1 Å². The van der Waals surface area contributed by atoms with Crippen molar-refractivity contribution in [1.82, 2.24) is 15.0 Å². The first-order valence-electron chi connectivity index (χ1n) is 8.70. The maximum atomic E-state index is 13.0. The van der Waals surface area contributed by atoms with E-state index in [4.69, 9.17) is 0 Å². The fraction of sp³-hybridized carbons (Fsp3) is 0.0500. The second-order valence-electron chi connectivity index (χ2n) is 6.16. The van der Waals surface area contributed by atoms with Crippen LogP contribution in [0.5, 0.6) is 0 Å². The first-order valence-corrected chi connectivity index (χ1v) is 8.70. The molecule has 0 radical (unpaired) electrons. The Kier molecular flexibility index (Phi) is 4.93. The largest absolute Gasteiger partial charge is 0.360 e. The molecule has 8 nitrogen and oxygen atoms in total. The predicted octanol–water partition coefficient (Wildman–Crippen LogP) is 4.43. The first kappa shape index (κ1) is 18.2. The average Bonchev–Trinajstić information content (AvgIpc) is 2.73. The first-order chi connectivity index (χ1) is 14.1. The number of halogens is 1. The highest BCUT2D eigenvalue weighted by Gasteiger charge is 2.23. The SMILES string of the molecule is O=[N+]([O-])c1c(NCc2ccc(F)cc2)ncnc1Nc1cccc2cccnc12. The Labute approximate surface area is 164 Å². The topological polar surface area (TPSA) is 106 Å². The van der Waals surface area contributed by atoms with Crippen molar-refractivity contribution >= 4 is 33.9 Å². The molecule has 0 aliphatic carbocycles. The van der Waals surface area contributed by atoms with Gasteiger partial charge in [0.15, 0.2) is 0 Å². The molecule has 0 aliphatic heterocycles. The van der Waals surface area contributed by atoms with Gasteiger partial charge >= 0.3 is 5.69 Å². The third kappa shape index (κ3) is 3.93. The lowest BCUT2D eigenvalue weighted by Crippen LogP contribution is -2.08. The maximum Gasteiger partial charge on any atom is 0.353 e. The van der Waals surface area contributed by atoms with E-state index in [9.17, 15) is 14.5 Å². The summed E-state index contributed by atoms with van der Waals surface area (Å²) in [6.45, 7) is 0.243. The van der Waals surface area contributed by atoms with E-state index < -0.39 is 4.92 Å². The van der Waals surface area contributed by atoms with Crippen LogP contribution in [0.3, 0.4) is 0 Å². The zero-order chi connectivity index (χ0) is 20.2. The number of benzene rings is 2. The zero-order valence-electron chi connectivity index (χ0n) is 15.0. The van der Waals surface area contributed by atoms with E-state index in [1.165, 1.54) is 18.5 Å². The minimum absolute atomic E-state index is 0.0461. The molecule has 0 saturated carbocycles. The number of anilines is 3. The number of nitro groups is 1. The molecule has 0 aliphatic rings. The maximum absolute atomic E-state index is 13.0. The molecule has 29 heavy (non-hydrogen) atoms. The van der Waals surface area contributed by atoms with E-state index >= 15 is 0 Å². The molecule has 4 aromatic rings. The van der Waals surface area contributed by atoms with Gasteiger partial charge in [-0.05, 0) is 29.8 Å². The van der Waals surface area contributed by atoms with Gasteiger partial charge in [-0.1, -0.05) is 30.3 Å². The second-order valence-corrected chi connectivity index (χ2v) is 6.16. The van der Waals surface area contributed by atoms with E-state index in [2.05, 4.69) is 25.6 Å². The molecule has 2 aromatic carbocycles. The standard InChI is InChI=1S/C20H15FN6O2/c21-15-8-6-13(7-9-15)11-23-19-18(27(28)29)20(25-12-24-19)26-16-5-1-3-14-4-2-10-22-17(14)16/h1-10,12H,11H2,(H2,23,24,25,26). The predicted molar refractivity (Wildman–Crippen MR) is 107 cm³/mol. The van der Waals surface area contributed by atoms with Gasteiger partial charge in [0, 0.05) is 18.1 Å². The lowest BCUT2D eigenvalue weighted by atomic mass is 10.2. The molecule has 2 aromatic heterocycles. The van der Waals surface area contributed by atoms with Crippen molar-refractivity contribution in [3.63, 3.8) is 0 Å². The van der Waals surface area contributed by atoms with E-state index in [-0.39, 0.29) is 29.7 Å². The summed E-state index contributed by atoms with van der Waals surface area (Å²) in [5, 5.41) is 18.5. The molecule has 0 amide bonds. The third-order valence-electron chi connectivity index (χ3n) is 4.26. The van der Waals surface area contributed by atoms with E-state index in [0.29, 0.717) is 11.2 Å². The van der Waals surface area contributed by atoms with E-state index in [1.54, 1.807) is 24.4 Å². The number of aromatic nitrogens is 3. The van der Waals surface area contributed by atoms with Crippen molar-refractivity contribution in [2.75, 3.05) is 10.6 Å². The molecule has 0 atom stereocenters. The second kappa shape index (κ2) is 7.85. The summed E-state index contributed by atoms with van der Waals surface area (Å²) in [5.41, 5.74) is 1.73. The van der Waals surface area contributed by atoms with Crippen LogP contribution in [0.4, 0.5) is 27.4 Å². The molecular formula is C20H15FN6O2. The lowest BCUT2D eigenvalue weighted by Gasteiger charge is -2.11. The number of hydrogen-bond donors (Lipinski definition) is 2. The van der Waals surface area contributed by atoms with Gasteiger partial charge in [-0.25, -0.2) is 14.4 Å². The van der Waals surface area contributed by atoms with Crippen LogP contribution in [0.2, 0.25) is 0 Å². The third-order valence-corrected chi connectivity index (χ3v) is 4.26. The molecule has 0 bridgehead atoms. The number of pyridine rings is 1. The Bertz CT molecular complexity index is 1180. The van der Waals surface area contributed by atoms with Gasteiger partial charge in [0.25, 0.3) is 0 Å². The van der Waals surface area contributed by atoms with Crippen molar-refractivity contribution in [2.45, 2.75) is 6.54 Å². The van der Waals surface area contributed by atoms with Crippen LogP contribution in [-0.2, 0) is 6.54 Å². The molecule has 144 valence electrons. The summed E-state index contributed by atoms with van der Waals surface area (Å²) < 4.78 is 13.0. The minimum Gasteiger partial charge on any atom is -0.360 e. The normalized spacial score (nSPS) is 10.7. The van der Waals surface area contributed by atoms with Gasteiger partial charge in [0.05, 0.1) is 16.1 Å². The number of para-hydroxylation sites is 1. The van der Waals surface area contributed by atoms with Crippen molar-refractivity contribution < 1.29 is 9.31 Å². The highest BCUT2D eigenvalue weighted by molar-refractivity contribution is 5.92. The van der Waals surface area contributed by atoms with Crippen LogP contribution in [-0.4, -0.2) is 19.9 Å². The van der Waals surface area contributed by atoms with Gasteiger partial charge in [0.1, 0.15) is 12.1 Å². The Hall–Kier alpha value is -4.14.